The number of hydrogen-bond acceptors (Lipinski definition) is 4. The van der Waals surface area contributed by atoms with Gasteiger partial charge in [-0.2, -0.15) is 0 Å². The number of rotatable bonds is 6. The molecule has 31 heavy (non-hydrogen) atoms. The fourth-order valence-corrected chi connectivity index (χ4v) is 4.33. The third-order valence-electron chi connectivity index (χ3n) is 4.86. The molecule has 0 aliphatic rings. The predicted molar refractivity (Wildman–Crippen MR) is 127 cm³/mol. The Morgan fingerprint density at radius 2 is 1.77 bits per heavy atom. The highest BCUT2D eigenvalue weighted by atomic mass is 35.5. The van der Waals surface area contributed by atoms with E-state index in [4.69, 9.17) is 16.6 Å². The first-order valence-corrected chi connectivity index (χ1v) is 11.2. The summed E-state index contributed by atoms with van der Waals surface area (Å²) in [5.41, 5.74) is 2.79. The number of anilines is 1. The topological polar surface area (TPSA) is 64.0 Å². The highest BCUT2D eigenvalue weighted by Crippen LogP contribution is 2.24. The van der Waals surface area contributed by atoms with Crippen molar-refractivity contribution < 1.29 is 4.79 Å². The van der Waals surface area contributed by atoms with Crippen LogP contribution < -0.4 is 10.9 Å². The van der Waals surface area contributed by atoms with Crippen molar-refractivity contribution in [2.24, 2.45) is 0 Å². The van der Waals surface area contributed by atoms with Crippen LogP contribution in [0.1, 0.15) is 12.0 Å². The van der Waals surface area contributed by atoms with Gasteiger partial charge in [-0.05, 0) is 48.9 Å². The number of hydrogen-bond donors (Lipinski definition) is 1. The molecule has 1 N–H and O–H groups in total. The van der Waals surface area contributed by atoms with Crippen molar-refractivity contribution in [1.29, 1.82) is 0 Å². The molecule has 7 heteroatoms. The van der Waals surface area contributed by atoms with Gasteiger partial charge in [-0.25, -0.2) is 4.98 Å². The number of fused-ring (bicyclic) bond motifs is 1. The van der Waals surface area contributed by atoms with Crippen LogP contribution in [0.25, 0.3) is 16.6 Å². The van der Waals surface area contributed by atoms with E-state index >= 15 is 0 Å². The number of aromatic nitrogens is 2. The summed E-state index contributed by atoms with van der Waals surface area (Å²) in [6.45, 7) is 1.87. The van der Waals surface area contributed by atoms with Crippen molar-refractivity contribution in [3.8, 4) is 5.69 Å². The molecule has 3 aromatic carbocycles. The molecule has 0 unspecified atom stereocenters. The van der Waals surface area contributed by atoms with Crippen LogP contribution >= 0.6 is 23.4 Å². The third kappa shape index (κ3) is 4.65. The van der Waals surface area contributed by atoms with Gasteiger partial charge in [0.1, 0.15) is 0 Å². The lowest BCUT2D eigenvalue weighted by atomic mass is 10.2. The van der Waals surface area contributed by atoms with Crippen molar-refractivity contribution >= 4 is 45.9 Å². The van der Waals surface area contributed by atoms with Gasteiger partial charge in [0.2, 0.25) is 5.91 Å². The number of nitrogens with zero attached hydrogens (tertiary/aromatic N) is 2. The average molecular weight is 450 g/mol. The number of benzene rings is 3. The lowest BCUT2D eigenvalue weighted by Crippen LogP contribution is -2.22. The zero-order valence-electron chi connectivity index (χ0n) is 16.8. The van der Waals surface area contributed by atoms with E-state index in [1.165, 1.54) is 11.8 Å². The fraction of sp³-hybridized carbons (Fsp3) is 0.125. The average Bonchev–Trinajstić information content (AvgIpc) is 2.78. The van der Waals surface area contributed by atoms with Crippen molar-refractivity contribution in [2.45, 2.75) is 18.5 Å². The van der Waals surface area contributed by atoms with Crippen LogP contribution in [0.15, 0.2) is 82.7 Å². The van der Waals surface area contributed by atoms with Crippen LogP contribution in [0.5, 0.6) is 0 Å². The number of thioether (sulfide) groups is 1. The third-order valence-corrected chi connectivity index (χ3v) is 6.21. The molecule has 0 fully saturated rings. The smallest absolute Gasteiger partial charge is 0.266 e. The SMILES string of the molecule is Cc1c(Cl)cccc1NC(=O)CCSc1nc2ccccc2c(=O)n1-c1ccccc1. The van der Waals surface area contributed by atoms with Crippen LogP contribution in [0, 0.1) is 6.92 Å². The second-order valence-electron chi connectivity index (χ2n) is 6.95. The predicted octanol–water partition coefficient (Wildman–Crippen LogP) is 5.47. The molecule has 0 saturated carbocycles. The maximum Gasteiger partial charge on any atom is 0.266 e. The second kappa shape index (κ2) is 9.37. The minimum absolute atomic E-state index is 0.118. The number of para-hydroxylation sites is 2. The number of halogens is 1. The van der Waals surface area contributed by atoms with Gasteiger partial charge < -0.3 is 5.32 Å². The largest absolute Gasteiger partial charge is 0.326 e. The van der Waals surface area contributed by atoms with E-state index in [0.717, 1.165) is 11.3 Å². The molecule has 1 amide bonds. The van der Waals surface area contributed by atoms with E-state index in [1.54, 1.807) is 22.8 Å². The summed E-state index contributed by atoms with van der Waals surface area (Å²) >= 11 is 7.51. The van der Waals surface area contributed by atoms with Crippen molar-refractivity contribution in [2.75, 3.05) is 11.1 Å². The zero-order chi connectivity index (χ0) is 21.8. The summed E-state index contributed by atoms with van der Waals surface area (Å²) in [6.07, 6.45) is 0.272. The zero-order valence-corrected chi connectivity index (χ0v) is 18.4. The van der Waals surface area contributed by atoms with E-state index in [2.05, 4.69) is 5.32 Å². The first-order chi connectivity index (χ1) is 15.0. The van der Waals surface area contributed by atoms with Gasteiger partial charge in [0.15, 0.2) is 5.16 Å². The quantitative estimate of drug-likeness (QED) is 0.313. The monoisotopic (exact) mass is 449 g/mol. The van der Waals surface area contributed by atoms with Gasteiger partial charge in [0.25, 0.3) is 5.56 Å². The molecule has 1 aromatic heterocycles. The summed E-state index contributed by atoms with van der Waals surface area (Å²) < 4.78 is 1.60. The highest BCUT2D eigenvalue weighted by Gasteiger charge is 2.14. The first kappa shape index (κ1) is 21.2. The second-order valence-corrected chi connectivity index (χ2v) is 8.42. The Labute approximate surface area is 189 Å². The van der Waals surface area contributed by atoms with Gasteiger partial charge in [-0.3, -0.25) is 14.2 Å². The van der Waals surface area contributed by atoms with Gasteiger partial charge in [-0.1, -0.05) is 59.8 Å². The number of amides is 1. The van der Waals surface area contributed by atoms with Crippen LogP contribution in [-0.4, -0.2) is 21.2 Å². The Morgan fingerprint density at radius 3 is 2.58 bits per heavy atom. The van der Waals surface area contributed by atoms with E-state index in [9.17, 15) is 9.59 Å². The van der Waals surface area contributed by atoms with Gasteiger partial charge in [-0.15, -0.1) is 0 Å². The minimum Gasteiger partial charge on any atom is -0.326 e. The molecule has 4 aromatic rings. The normalized spacial score (nSPS) is 10.9. The molecule has 4 rings (SSSR count). The summed E-state index contributed by atoms with van der Waals surface area (Å²) in [5, 5.41) is 4.63. The van der Waals surface area contributed by atoms with Crippen molar-refractivity contribution in [1.82, 2.24) is 9.55 Å². The van der Waals surface area contributed by atoms with Crippen LogP contribution in [0.3, 0.4) is 0 Å². The first-order valence-electron chi connectivity index (χ1n) is 9.79. The Hall–Kier alpha value is -3.09. The van der Waals surface area contributed by atoms with E-state index in [-0.39, 0.29) is 17.9 Å². The number of carbonyl (C=O) groups excluding carboxylic acids is 1. The lowest BCUT2D eigenvalue weighted by Gasteiger charge is -2.13. The number of carbonyl (C=O) groups is 1. The van der Waals surface area contributed by atoms with E-state index in [1.807, 2.05) is 61.5 Å². The molecule has 0 radical (unpaired) electrons. The van der Waals surface area contributed by atoms with Crippen LogP contribution in [0.2, 0.25) is 5.02 Å². The van der Waals surface area contributed by atoms with Gasteiger partial charge in [0, 0.05) is 22.9 Å². The summed E-state index contributed by atoms with van der Waals surface area (Å²) in [6, 6.07) is 22.1. The summed E-state index contributed by atoms with van der Waals surface area (Å²) in [4.78, 5) is 30.3. The molecule has 5 nitrogen and oxygen atoms in total. The van der Waals surface area contributed by atoms with Crippen LogP contribution in [-0.2, 0) is 4.79 Å². The van der Waals surface area contributed by atoms with Crippen molar-refractivity contribution in [3.05, 3.63) is 93.7 Å². The molecule has 0 atom stereocenters. The molecular formula is C24H20ClN3O2S. The minimum atomic E-state index is -0.127. The highest BCUT2D eigenvalue weighted by molar-refractivity contribution is 7.99. The molecule has 0 saturated heterocycles. The molecular weight excluding hydrogens is 430 g/mol. The number of nitrogens with one attached hydrogen (secondary N) is 1. The Balaban J connectivity index is 1.56. The molecule has 0 aliphatic carbocycles. The van der Waals surface area contributed by atoms with Gasteiger partial charge in [0.05, 0.1) is 16.6 Å². The maximum atomic E-state index is 13.2. The maximum absolute atomic E-state index is 13.2. The molecule has 1 heterocycles. The molecule has 0 spiro atoms. The summed E-state index contributed by atoms with van der Waals surface area (Å²) in [5.74, 6) is 0.357. The Bertz CT molecular complexity index is 1310. The van der Waals surface area contributed by atoms with Crippen LogP contribution in [0.4, 0.5) is 5.69 Å². The lowest BCUT2D eigenvalue weighted by molar-refractivity contribution is -0.115. The standard InChI is InChI=1S/C24H20ClN3O2S/c1-16-19(25)11-7-13-20(16)26-22(29)14-15-31-24-27-21-12-6-5-10-18(21)23(30)28(24)17-8-3-2-4-9-17/h2-13H,14-15H2,1H3,(H,26,29). The van der Waals surface area contributed by atoms with Gasteiger partial charge >= 0.3 is 0 Å². The molecule has 0 bridgehead atoms. The fourth-order valence-electron chi connectivity index (χ4n) is 3.20. The van der Waals surface area contributed by atoms with E-state index < -0.39 is 0 Å². The van der Waals surface area contributed by atoms with Crippen molar-refractivity contribution in [3.63, 3.8) is 0 Å². The van der Waals surface area contributed by atoms with E-state index in [0.29, 0.717) is 32.5 Å². The molecule has 156 valence electrons. The molecule has 0 aliphatic heterocycles. The summed E-state index contributed by atoms with van der Waals surface area (Å²) in [7, 11) is 0. The Kier molecular flexibility index (Phi) is 6.39. The Morgan fingerprint density at radius 1 is 1.03 bits per heavy atom.